The first-order valence-corrected chi connectivity index (χ1v) is 7.54. The average molecular weight is 310 g/mol. The molecule has 0 saturated carbocycles. The molecule has 0 spiro atoms. The van der Waals surface area contributed by atoms with Crippen LogP contribution in [0.2, 0.25) is 0 Å². The number of benzene rings is 1. The van der Waals surface area contributed by atoms with Crippen molar-refractivity contribution in [2.24, 2.45) is 0 Å². The van der Waals surface area contributed by atoms with Crippen LogP contribution in [0.25, 0.3) is 0 Å². The third-order valence-electron chi connectivity index (χ3n) is 3.23. The number of hydrogen-bond donors (Lipinski definition) is 1. The largest absolute Gasteiger partial charge is 0.310 e. The molecule has 1 unspecified atom stereocenters. The molecule has 0 aromatic heterocycles. The summed E-state index contributed by atoms with van der Waals surface area (Å²) in [5, 5.41) is 3.63. The molecule has 1 aromatic carbocycles. The minimum Gasteiger partial charge on any atom is -0.310 e. The predicted octanol–water partition coefficient (Wildman–Crippen LogP) is 5.15. The van der Waals surface area contributed by atoms with Crippen LogP contribution >= 0.6 is 15.9 Å². The van der Waals surface area contributed by atoms with Gasteiger partial charge in [-0.2, -0.15) is 0 Å². The van der Waals surface area contributed by atoms with Gasteiger partial charge in [0.15, 0.2) is 0 Å². The highest BCUT2D eigenvalue weighted by atomic mass is 79.9. The minimum absolute atomic E-state index is 0.367. The van der Waals surface area contributed by atoms with Crippen molar-refractivity contribution in [1.29, 1.82) is 0 Å². The number of nitrogens with one attached hydrogen (secondary N) is 1. The Bertz CT molecular complexity index is 398. The molecule has 100 valence electrons. The van der Waals surface area contributed by atoms with E-state index in [0.29, 0.717) is 6.04 Å². The molecule has 0 aliphatic carbocycles. The van der Waals surface area contributed by atoms with E-state index >= 15 is 0 Å². The molecule has 0 bridgehead atoms. The van der Waals surface area contributed by atoms with E-state index < -0.39 is 0 Å². The summed E-state index contributed by atoms with van der Waals surface area (Å²) in [5.41, 5.74) is 3.94. The van der Waals surface area contributed by atoms with Crippen LogP contribution in [0, 0.1) is 6.92 Å². The summed E-state index contributed by atoms with van der Waals surface area (Å²) in [4.78, 5) is 0. The fourth-order valence-corrected chi connectivity index (χ4v) is 2.52. The number of halogens is 1. The lowest BCUT2D eigenvalue weighted by atomic mass is 9.97. The van der Waals surface area contributed by atoms with Crippen LogP contribution < -0.4 is 5.32 Å². The van der Waals surface area contributed by atoms with Crippen molar-refractivity contribution in [1.82, 2.24) is 5.32 Å². The molecule has 18 heavy (non-hydrogen) atoms. The fourth-order valence-electron chi connectivity index (χ4n) is 1.98. The van der Waals surface area contributed by atoms with Crippen LogP contribution in [-0.2, 0) is 0 Å². The van der Waals surface area contributed by atoms with Crippen molar-refractivity contribution >= 4 is 15.9 Å². The van der Waals surface area contributed by atoms with Crippen LogP contribution in [0.3, 0.4) is 0 Å². The molecule has 1 aromatic rings. The molecule has 2 heteroatoms. The monoisotopic (exact) mass is 309 g/mol. The lowest BCUT2D eigenvalue weighted by molar-refractivity contribution is 0.521. The molecule has 0 heterocycles. The minimum atomic E-state index is 0.367. The molecule has 0 radical (unpaired) electrons. The van der Waals surface area contributed by atoms with Gasteiger partial charge >= 0.3 is 0 Å². The van der Waals surface area contributed by atoms with E-state index in [1.165, 1.54) is 21.2 Å². The van der Waals surface area contributed by atoms with Crippen molar-refractivity contribution in [3.63, 3.8) is 0 Å². The summed E-state index contributed by atoms with van der Waals surface area (Å²) in [5.74, 6) is 0. The maximum atomic E-state index is 4.14. The van der Waals surface area contributed by atoms with Crippen LogP contribution in [0.5, 0.6) is 0 Å². The Morgan fingerprint density at radius 3 is 2.72 bits per heavy atom. The Morgan fingerprint density at radius 1 is 1.39 bits per heavy atom. The summed E-state index contributed by atoms with van der Waals surface area (Å²) in [6.45, 7) is 11.7. The zero-order chi connectivity index (χ0) is 13.5. The third-order valence-corrected chi connectivity index (χ3v) is 4.31. The molecular weight excluding hydrogens is 286 g/mol. The van der Waals surface area contributed by atoms with Gasteiger partial charge in [-0.1, -0.05) is 60.1 Å². The van der Waals surface area contributed by atoms with Gasteiger partial charge in [-0.05, 0) is 43.9 Å². The molecular formula is C16H24BrN. The van der Waals surface area contributed by atoms with E-state index in [2.05, 4.69) is 66.8 Å². The standard InChI is InChI=1S/C16H24BrN/c1-5-10-18-15(11-12(3)6-2)14-9-7-8-13(4)16(14)17/h7-9,15,18H,3,5-6,10-11H2,1-2,4H3. The van der Waals surface area contributed by atoms with Crippen LogP contribution in [0.1, 0.15) is 50.3 Å². The second kappa shape index (κ2) is 7.75. The van der Waals surface area contributed by atoms with E-state index in [0.717, 1.165) is 25.8 Å². The number of hydrogen-bond acceptors (Lipinski definition) is 1. The van der Waals surface area contributed by atoms with E-state index in [-0.39, 0.29) is 0 Å². The van der Waals surface area contributed by atoms with Gasteiger partial charge in [0, 0.05) is 10.5 Å². The highest BCUT2D eigenvalue weighted by Gasteiger charge is 2.15. The molecule has 0 aliphatic rings. The molecule has 1 nitrogen and oxygen atoms in total. The van der Waals surface area contributed by atoms with Gasteiger partial charge in [0.05, 0.1) is 0 Å². The Morgan fingerprint density at radius 2 is 2.11 bits per heavy atom. The van der Waals surface area contributed by atoms with Crippen molar-refractivity contribution in [3.05, 3.63) is 46.0 Å². The van der Waals surface area contributed by atoms with Gasteiger partial charge < -0.3 is 5.32 Å². The Labute approximate surface area is 120 Å². The molecule has 1 rings (SSSR count). The average Bonchev–Trinajstić information content (AvgIpc) is 2.37. The van der Waals surface area contributed by atoms with Crippen LogP contribution in [0.4, 0.5) is 0 Å². The summed E-state index contributed by atoms with van der Waals surface area (Å²) in [6, 6.07) is 6.84. The van der Waals surface area contributed by atoms with Gasteiger partial charge in [0.25, 0.3) is 0 Å². The summed E-state index contributed by atoms with van der Waals surface area (Å²) >= 11 is 3.71. The topological polar surface area (TPSA) is 12.0 Å². The van der Waals surface area contributed by atoms with Crippen LogP contribution in [0.15, 0.2) is 34.8 Å². The van der Waals surface area contributed by atoms with Gasteiger partial charge in [-0.3, -0.25) is 0 Å². The van der Waals surface area contributed by atoms with Crippen molar-refractivity contribution < 1.29 is 0 Å². The fraction of sp³-hybridized carbons (Fsp3) is 0.500. The molecule has 1 N–H and O–H groups in total. The molecule has 0 aliphatic heterocycles. The zero-order valence-electron chi connectivity index (χ0n) is 11.7. The lowest BCUT2D eigenvalue weighted by Crippen LogP contribution is -2.23. The third kappa shape index (κ3) is 4.25. The maximum absolute atomic E-state index is 4.14. The predicted molar refractivity (Wildman–Crippen MR) is 84.0 cm³/mol. The van der Waals surface area contributed by atoms with Gasteiger partial charge in [-0.15, -0.1) is 0 Å². The summed E-state index contributed by atoms with van der Waals surface area (Å²) in [7, 11) is 0. The first-order chi connectivity index (χ1) is 8.60. The first-order valence-electron chi connectivity index (χ1n) is 6.75. The van der Waals surface area contributed by atoms with Crippen LogP contribution in [-0.4, -0.2) is 6.54 Å². The lowest BCUT2D eigenvalue weighted by Gasteiger charge is -2.22. The smallest absolute Gasteiger partial charge is 0.0368 e. The van der Waals surface area contributed by atoms with Crippen molar-refractivity contribution in [2.75, 3.05) is 6.54 Å². The summed E-state index contributed by atoms with van der Waals surface area (Å²) < 4.78 is 1.22. The second-order valence-corrected chi connectivity index (χ2v) is 5.59. The number of rotatable bonds is 7. The second-order valence-electron chi connectivity index (χ2n) is 4.79. The van der Waals surface area contributed by atoms with Gasteiger partial charge in [-0.25, -0.2) is 0 Å². The number of aryl methyl sites for hydroxylation is 1. The maximum Gasteiger partial charge on any atom is 0.0368 e. The Hall–Kier alpha value is -0.600. The highest BCUT2D eigenvalue weighted by molar-refractivity contribution is 9.10. The van der Waals surface area contributed by atoms with E-state index in [1.807, 2.05) is 0 Å². The van der Waals surface area contributed by atoms with Gasteiger partial charge in [0.1, 0.15) is 0 Å². The quantitative estimate of drug-likeness (QED) is 0.686. The molecule has 0 fully saturated rings. The van der Waals surface area contributed by atoms with Crippen molar-refractivity contribution in [3.8, 4) is 0 Å². The van der Waals surface area contributed by atoms with E-state index in [4.69, 9.17) is 0 Å². The normalized spacial score (nSPS) is 12.4. The SMILES string of the molecule is C=C(CC)CC(NCCC)c1cccc(C)c1Br. The molecule has 1 atom stereocenters. The Balaban J connectivity index is 2.93. The van der Waals surface area contributed by atoms with Crippen molar-refractivity contribution in [2.45, 2.75) is 46.1 Å². The van der Waals surface area contributed by atoms with E-state index in [1.54, 1.807) is 0 Å². The molecule has 0 saturated heterocycles. The van der Waals surface area contributed by atoms with E-state index in [9.17, 15) is 0 Å². The first kappa shape index (κ1) is 15.5. The summed E-state index contributed by atoms with van der Waals surface area (Å²) in [6.07, 6.45) is 3.21. The Kier molecular flexibility index (Phi) is 6.66. The zero-order valence-corrected chi connectivity index (χ0v) is 13.3. The van der Waals surface area contributed by atoms with Gasteiger partial charge in [0.2, 0.25) is 0 Å². The molecule has 0 amide bonds. The highest BCUT2D eigenvalue weighted by Crippen LogP contribution is 2.30.